The highest BCUT2D eigenvalue weighted by Gasteiger charge is 2.20. The number of hydrogen-bond acceptors (Lipinski definition) is 2. The van der Waals surface area contributed by atoms with Crippen molar-refractivity contribution in [2.75, 3.05) is 11.5 Å². The number of nitrogens with two attached hydrogens (primary N) is 2. The van der Waals surface area contributed by atoms with Crippen LogP contribution in [0, 0.1) is 13.8 Å². The van der Waals surface area contributed by atoms with E-state index in [0.29, 0.717) is 17.8 Å². The maximum Gasteiger partial charge on any atom is 0.0316 e. The molecule has 4 N–H and O–H groups in total. The minimum Gasteiger partial charge on any atom is -0.399 e. The van der Waals surface area contributed by atoms with Crippen molar-refractivity contribution in [2.45, 2.75) is 97.3 Å². The molecule has 0 spiro atoms. The smallest absolute Gasteiger partial charge is 0.0316 e. The van der Waals surface area contributed by atoms with Crippen LogP contribution in [-0.2, 0) is 0 Å². The van der Waals surface area contributed by atoms with Crippen molar-refractivity contribution < 1.29 is 0 Å². The largest absolute Gasteiger partial charge is 0.399 e. The van der Waals surface area contributed by atoms with Crippen LogP contribution in [0.15, 0.2) is 84.9 Å². The van der Waals surface area contributed by atoms with Gasteiger partial charge in [-0.25, -0.2) is 0 Å². The molecule has 2 unspecified atom stereocenters. The van der Waals surface area contributed by atoms with E-state index in [1.54, 1.807) is 0 Å². The number of hydrogen-bond donors (Lipinski definition) is 2. The Balaban J connectivity index is 1.63. The number of nitrogen functional groups attached to an aromatic ring is 2. The summed E-state index contributed by atoms with van der Waals surface area (Å²) in [5.41, 5.74) is 24.8. The topological polar surface area (TPSA) is 52.0 Å². The fourth-order valence-corrected chi connectivity index (χ4v) is 6.62. The molecule has 41 heavy (non-hydrogen) atoms. The van der Waals surface area contributed by atoms with E-state index in [4.69, 9.17) is 11.5 Å². The summed E-state index contributed by atoms with van der Waals surface area (Å²) in [7, 11) is 0. The molecule has 0 bridgehead atoms. The molecule has 0 aliphatic rings. The normalized spacial score (nSPS) is 13.6. The van der Waals surface area contributed by atoms with E-state index in [1.807, 2.05) is 12.1 Å². The molecule has 2 heteroatoms. The summed E-state index contributed by atoms with van der Waals surface area (Å²) in [6.07, 6.45) is 8.17. The van der Waals surface area contributed by atoms with Crippen LogP contribution in [0.5, 0.6) is 0 Å². The second-order valence-electron chi connectivity index (χ2n) is 11.9. The second-order valence-corrected chi connectivity index (χ2v) is 11.9. The molecule has 4 rings (SSSR count). The van der Waals surface area contributed by atoms with Gasteiger partial charge in [-0.2, -0.15) is 0 Å². The number of rotatable bonds is 13. The Kier molecular flexibility index (Phi) is 10.7. The summed E-state index contributed by atoms with van der Waals surface area (Å²) in [5.74, 6) is 1.20. The summed E-state index contributed by atoms with van der Waals surface area (Å²) < 4.78 is 0. The van der Waals surface area contributed by atoms with Gasteiger partial charge in [0.1, 0.15) is 0 Å². The van der Waals surface area contributed by atoms with Gasteiger partial charge < -0.3 is 11.5 Å². The van der Waals surface area contributed by atoms with Crippen molar-refractivity contribution in [2.24, 2.45) is 0 Å². The van der Waals surface area contributed by atoms with Crippen molar-refractivity contribution in [3.63, 3.8) is 0 Å². The zero-order chi connectivity index (χ0) is 29.4. The number of unbranched alkanes of at least 4 members (excludes halogenated alkanes) is 1. The van der Waals surface area contributed by atoms with Crippen molar-refractivity contribution in [1.29, 1.82) is 0 Å². The molecule has 0 radical (unpaired) electrons. The Morgan fingerprint density at radius 1 is 0.463 bits per heavy atom. The zero-order valence-corrected chi connectivity index (χ0v) is 25.9. The van der Waals surface area contributed by atoms with Gasteiger partial charge in [0.2, 0.25) is 0 Å². The predicted molar refractivity (Wildman–Crippen MR) is 179 cm³/mol. The maximum absolute atomic E-state index is 6.07. The van der Waals surface area contributed by atoms with Gasteiger partial charge in [-0.15, -0.1) is 0 Å². The molecule has 0 amide bonds. The van der Waals surface area contributed by atoms with Gasteiger partial charge in [0.25, 0.3) is 0 Å². The molecule has 4 aromatic carbocycles. The zero-order valence-electron chi connectivity index (χ0n) is 25.9. The fraction of sp³-hybridized carbons (Fsp3) is 0.385. The first kappa shape index (κ1) is 30.4. The van der Waals surface area contributed by atoms with E-state index in [1.165, 1.54) is 63.8 Å². The molecule has 0 heterocycles. The van der Waals surface area contributed by atoms with Crippen molar-refractivity contribution in [3.8, 4) is 0 Å². The van der Waals surface area contributed by atoms with Gasteiger partial charge in [0.05, 0.1) is 0 Å². The van der Waals surface area contributed by atoms with Crippen molar-refractivity contribution >= 4 is 11.4 Å². The average Bonchev–Trinajstić information content (AvgIpc) is 2.96. The van der Waals surface area contributed by atoms with Gasteiger partial charge >= 0.3 is 0 Å². The van der Waals surface area contributed by atoms with E-state index in [-0.39, 0.29) is 0 Å². The molecule has 0 saturated carbocycles. The summed E-state index contributed by atoms with van der Waals surface area (Å²) in [5, 5.41) is 0. The van der Waals surface area contributed by atoms with E-state index < -0.39 is 0 Å². The fourth-order valence-electron chi connectivity index (χ4n) is 6.62. The molecule has 0 fully saturated rings. The molecule has 216 valence electrons. The van der Waals surface area contributed by atoms with E-state index in [2.05, 4.69) is 107 Å². The van der Waals surface area contributed by atoms with Crippen molar-refractivity contribution in [1.82, 2.24) is 0 Å². The lowest BCUT2D eigenvalue weighted by molar-refractivity contribution is 0.647. The van der Waals surface area contributed by atoms with E-state index >= 15 is 0 Å². The van der Waals surface area contributed by atoms with Crippen LogP contribution in [-0.4, -0.2) is 0 Å². The lowest BCUT2D eigenvalue weighted by Gasteiger charge is -2.23. The molecule has 2 atom stereocenters. The van der Waals surface area contributed by atoms with E-state index in [0.717, 1.165) is 37.1 Å². The molecule has 0 saturated heterocycles. The molecular weight excluding hydrogens is 496 g/mol. The van der Waals surface area contributed by atoms with Gasteiger partial charge in [-0.1, -0.05) is 107 Å². The molecular formula is C39H50N2. The molecule has 2 nitrogen and oxygen atoms in total. The van der Waals surface area contributed by atoms with Crippen LogP contribution < -0.4 is 11.5 Å². The first-order valence-corrected chi connectivity index (χ1v) is 15.8. The highest BCUT2D eigenvalue weighted by atomic mass is 14.5. The number of anilines is 2. The Bertz CT molecular complexity index is 1280. The molecule has 0 aromatic heterocycles. The summed E-state index contributed by atoms with van der Waals surface area (Å²) >= 11 is 0. The monoisotopic (exact) mass is 546 g/mol. The van der Waals surface area contributed by atoms with Gasteiger partial charge in [-0.3, -0.25) is 0 Å². The first-order valence-electron chi connectivity index (χ1n) is 15.8. The molecule has 0 aliphatic heterocycles. The molecule has 4 aromatic rings. The predicted octanol–water partition coefficient (Wildman–Crippen LogP) is 10.7. The van der Waals surface area contributed by atoms with Crippen LogP contribution in [0.4, 0.5) is 11.4 Å². The third-order valence-corrected chi connectivity index (χ3v) is 8.82. The van der Waals surface area contributed by atoms with Crippen LogP contribution in [0.3, 0.4) is 0 Å². The Hall–Kier alpha value is -3.52. The summed E-state index contributed by atoms with van der Waals surface area (Å²) in [4.78, 5) is 0. The highest BCUT2D eigenvalue weighted by Crippen LogP contribution is 2.37. The quantitative estimate of drug-likeness (QED) is 0.164. The maximum atomic E-state index is 6.07. The van der Waals surface area contributed by atoms with Gasteiger partial charge in [0, 0.05) is 29.1 Å². The minimum absolute atomic E-state index is 0.398. The van der Waals surface area contributed by atoms with Gasteiger partial charge in [0.15, 0.2) is 0 Å². The van der Waals surface area contributed by atoms with Crippen LogP contribution >= 0.6 is 0 Å². The van der Waals surface area contributed by atoms with Crippen LogP contribution in [0.25, 0.3) is 0 Å². The number of aryl methyl sites for hydroxylation is 2. The SMILES string of the molecule is CCCCC(c1ccc(C(CCC)c2ccc(N)cc2C)cc1)c1ccc(C(CCC)c2ccc(N)cc2C)cc1. The van der Waals surface area contributed by atoms with Crippen LogP contribution in [0.1, 0.15) is 128 Å². The van der Waals surface area contributed by atoms with Crippen LogP contribution in [0.2, 0.25) is 0 Å². The van der Waals surface area contributed by atoms with E-state index in [9.17, 15) is 0 Å². The second kappa shape index (κ2) is 14.4. The van der Waals surface area contributed by atoms with Crippen molar-refractivity contribution in [3.05, 3.63) is 129 Å². The highest BCUT2D eigenvalue weighted by molar-refractivity contribution is 5.50. The standard InChI is InChI=1S/C39H50N2/c1-6-9-12-37(29-13-17-31(18-14-29)38(10-7-2)35-23-21-33(40)25-27(35)4)30-15-19-32(20-16-30)39(11-8-3)36-24-22-34(41)26-28(36)5/h13-26,37-39H,6-12,40-41H2,1-5H3. The average molecular weight is 547 g/mol. The Morgan fingerprint density at radius 2 is 0.829 bits per heavy atom. The molecule has 0 aliphatic carbocycles. The third-order valence-electron chi connectivity index (χ3n) is 8.82. The minimum atomic E-state index is 0.398. The Morgan fingerprint density at radius 3 is 1.15 bits per heavy atom. The Labute approximate surface area is 249 Å². The first-order chi connectivity index (χ1) is 19.9. The summed E-state index contributed by atoms with van der Waals surface area (Å²) in [6.45, 7) is 11.2. The van der Waals surface area contributed by atoms with Gasteiger partial charge in [-0.05, 0) is 102 Å². The third kappa shape index (κ3) is 7.41. The lowest BCUT2D eigenvalue weighted by atomic mass is 9.81. The summed E-state index contributed by atoms with van der Waals surface area (Å²) in [6, 6.07) is 31.8. The lowest BCUT2D eigenvalue weighted by Crippen LogP contribution is -2.07. The number of benzene rings is 4.